The predicted octanol–water partition coefficient (Wildman–Crippen LogP) is 3.62. The van der Waals surface area contributed by atoms with Gasteiger partial charge in [-0.05, 0) is 16.1 Å². The maximum atomic E-state index is 3.84. The van der Waals surface area contributed by atoms with Crippen molar-refractivity contribution >= 4 is 26.8 Å². The smallest absolute Gasteiger partial charge is 0.0456 e. The molecule has 0 bridgehead atoms. The van der Waals surface area contributed by atoms with Crippen LogP contribution >= 0.6 is 15.9 Å². The van der Waals surface area contributed by atoms with Gasteiger partial charge in [0.05, 0.1) is 0 Å². The molecule has 0 fully saturated rings. The van der Waals surface area contributed by atoms with Crippen LogP contribution in [0.25, 0.3) is 10.9 Å². The summed E-state index contributed by atoms with van der Waals surface area (Å²) in [6, 6.07) is 8.29. The van der Waals surface area contributed by atoms with Gasteiger partial charge in [-0.25, -0.2) is 0 Å². The van der Waals surface area contributed by atoms with Crippen molar-refractivity contribution < 1.29 is 0 Å². The Labute approximate surface area is 85.6 Å². The number of nitrogens with one attached hydrogen (secondary N) is 1. The number of allylic oxidation sites excluding steroid dienone is 1. The lowest BCUT2D eigenvalue weighted by Crippen LogP contribution is -1.79. The first-order chi connectivity index (χ1) is 6.27. The molecular formula is C11H10BrN. The molecule has 0 unspecified atom stereocenters. The molecule has 0 radical (unpaired) electrons. The van der Waals surface area contributed by atoms with Gasteiger partial charge in [0, 0.05) is 23.5 Å². The van der Waals surface area contributed by atoms with Crippen LogP contribution in [-0.2, 0) is 6.42 Å². The number of H-pyrrole nitrogens is 1. The number of fused-ring (bicyclic) bond motifs is 1. The summed E-state index contributed by atoms with van der Waals surface area (Å²) < 4.78 is 1.01. The third-order valence-electron chi connectivity index (χ3n) is 2.06. The Balaban J connectivity index is 2.51. The summed E-state index contributed by atoms with van der Waals surface area (Å²) in [6.07, 6.45) is 2.92. The summed E-state index contributed by atoms with van der Waals surface area (Å²) in [5.74, 6) is 0. The second-order valence-corrected chi connectivity index (χ2v) is 4.18. The lowest BCUT2D eigenvalue weighted by molar-refractivity contribution is 1.28. The van der Waals surface area contributed by atoms with Crippen molar-refractivity contribution in [2.45, 2.75) is 6.42 Å². The van der Waals surface area contributed by atoms with Crippen LogP contribution in [0.2, 0.25) is 0 Å². The molecule has 0 atom stereocenters. The van der Waals surface area contributed by atoms with E-state index in [-0.39, 0.29) is 0 Å². The van der Waals surface area contributed by atoms with Gasteiger partial charge in [-0.15, -0.1) is 0 Å². The van der Waals surface area contributed by atoms with Crippen LogP contribution in [0.1, 0.15) is 5.56 Å². The number of benzene rings is 1. The predicted molar refractivity (Wildman–Crippen MR) is 60.1 cm³/mol. The van der Waals surface area contributed by atoms with Crippen LogP contribution in [0.5, 0.6) is 0 Å². The number of aromatic amines is 1. The topological polar surface area (TPSA) is 15.8 Å². The number of aromatic nitrogens is 1. The average molecular weight is 236 g/mol. The molecule has 2 heteroatoms. The van der Waals surface area contributed by atoms with E-state index in [1.54, 1.807) is 0 Å². The first-order valence-electron chi connectivity index (χ1n) is 4.15. The fourth-order valence-electron chi connectivity index (χ4n) is 1.48. The maximum absolute atomic E-state index is 3.84. The Bertz CT molecular complexity index is 442. The van der Waals surface area contributed by atoms with Crippen molar-refractivity contribution in [2.75, 3.05) is 0 Å². The van der Waals surface area contributed by atoms with Gasteiger partial charge in [0.25, 0.3) is 0 Å². The van der Waals surface area contributed by atoms with Crippen molar-refractivity contribution in [2.24, 2.45) is 0 Å². The molecule has 1 nitrogen and oxygen atoms in total. The molecule has 1 heterocycles. The molecule has 66 valence electrons. The number of hydrogen-bond donors (Lipinski definition) is 1. The first kappa shape index (κ1) is 8.57. The van der Waals surface area contributed by atoms with Crippen LogP contribution < -0.4 is 0 Å². The zero-order valence-electron chi connectivity index (χ0n) is 7.18. The molecule has 0 saturated carbocycles. The molecule has 1 aromatic heterocycles. The minimum Gasteiger partial charge on any atom is -0.361 e. The summed E-state index contributed by atoms with van der Waals surface area (Å²) in [5, 5.41) is 1.28. The molecule has 0 aliphatic rings. The van der Waals surface area contributed by atoms with Gasteiger partial charge in [-0.2, -0.15) is 0 Å². The summed E-state index contributed by atoms with van der Waals surface area (Å²) in [4.78, 5) is 3.23. The first-order valence-corrected chi connectivity index (χ1v) is 4.95. The lowest BCUT2D eigenvalue weighted by atomic mass is 10.1. The Morgan fingerprint density at radius 1 is 1.38 bits per heavy atom. The quantitative estimate of drug-likeness (QED) is 0.819. The van der Waals surface area contributed by atoms with Crippen molar-refractivity contribution in [3.8, 4) is 0 Å². The molecule has 1 N–H and O–H groups in total. The molecule has 2 aromatic rings. The number of para-hydroxylation sites is 1. The molecule has 0 spiro atoms. The van der Waals surface area contributed by atoms with Gasteiger partial charge in [-0.3, -0.25) is 0 Å². The fraction of sp³-hybridized carbons (Fsp3) is 0.0909. The van der Waals surface area contributed by atoms with Gasteiger partial charge < -0.3 is 4.98 Å². The minimum atomic E-state index is 0.879. The Morgan fingerprint density at radius 3 is 2.92 bits per heavy atom. The average Bonchev–Trinajstić information content (AvgIpc) is 2.48. The van der Waals surface area contributed by atoms with Gasteiger partial charge in [-0.1, -0.05) is 40.7 Å². The van der Waals surface area contributed by atoms with Gasteiger partial charge in [0.1, 0.15) is 0 Å². The zero-order valence-corrected chi connectivity index (χ0v) is 8.76. The van der Waals surface area contributed by atoms with Crippen molar-refractivity contribution in [1.82, 2.24) is 4.98 Å². The van der Waals surface area contributed by atoms with E-state index in [4.69, 9.17) is 0 Å². The third-order valence-corrected chi connectivity index (χ3v) is 2.34. The second-order valence-electron chi connectivity index (χ2n) is 3.05. The molecule has 0 amide bonds. The Morgan fingerprint density at radius 2 is 2.15 bits per heavy atom. The second kappa shape index (κ2) is 3.38. The zero-order chi connectivity index (χ0) is 9.26. The monoisotopic (exact) mass is 235 g/mol. The Kier molecular flexibility index (Phi) is 2.23. The van der Waals surface area contributed by atoms with Crippen LogP contribution in [-0.4, -0.2) is 4.98 Å². The summed E-state index contributed by atoms with van der Waals surface area (Å²) in [7, 11) is 0. The molecule has 13 heavy (non-hydrogen) atoms. The minimum absolute atomic E-state index is 0.879. The highest BCUT2D eigenvalue weighted by molar-refractivity contribution is 9.11. The SMILES string of the molecule is C=C(Br)Cc1c[nH]c2ccccc12. The highest BCUT2D eigenvalue weighted by Crippen LogP contribution is 2.21. The molecular weight excluding hydrogens is 226 g/mol. The van der Waals surface area contributed by atoms with Crippen molar-refractivity contribution in [3.05, 3.63) is 47.1 Å². The largest absolute Gasteiger partial charge is 0.361 e. The highest BCUT2D eigenvalue weighted by atomic mass is 79.9. The van der Waals surface area contributed by atoms with Crippen LogP contribution in [0.3, 0.4) is 0 Å². The van der Waals surface area contributed by atoms with Crippen molar-refractivity contribution in [1.29, 1.82) is 0 Å². The van der Waals surface area contributed by atoms with E-state index in [9.17, 15) is 0 Å². The van der Waals surface area contributed by atoms with E-state index in [0.717, 1.165) is 10.9 Å². The summed E-state index contributed by atoms with van der Waals surface area (Å²) in [5.41, 5.74) is 2.48. The van der Waals surface area contributed by atoms with E-state index in [1.807, 2.05) is 12.3 Å². The number of rotatable bonds is 2. The number of hydrogen-bond acceptors (Lipinski definition) is 0. The maximum Gasteiger partial charge on any atom is 0.0456 e. The highest BCUT2D eigenvalue weighted by Gasteiger charge is 2.02. The molecule has 0 aliphatic heterocycles. The summed E-state index contributed by atoms with van der Waals surface area (Å²) >= 11 is 3.37. The fourth-order valence-corrected chi connectivity index (χ4v) is 1.79. The Hall–Kier alpha value is -1.02. The van der Waals surface area contributed by atoms with E-state index < -0.39 is 0 Å². The summed E-state index contributed by atoms with van der Waals surface area (Å²) in [6.45, 7) is 3.84. The van der Waals surface area contributed by atoms with Gasteiger partial charge >= 0.3 is 0 Å². The van der Waals surface area contributed by atoms with E-state index in [2.05, 4.69) is 45.7 Å². The van der Waals surface area contributed by atoms with Gasteiger partial charge in [0.15, 0.2) is 0 Å². The van der Waals surface area contributed by atoms with E-state index >= 15 is 0 Å². The van der Waals surface area contributed by atoms with Crippen molar-refractivity contribution in [3.63, 3.8) is 0 Å². The standard InChI is InChI=1S/C11H10BrN/c1-8(12)6-9-7-13-11-5-3-2-4-10(9)11/h2-5,7,13H,1,6H2. The lowest BCUT2D eigenvalue weighted by Gasteiger charge is -1.95. The van der Waals surface area contributed by atoms with Crippen LogP contribution in [0.15, 0.2) is 41.5 Å². The number of halogens is 1. The molecule has 2 rings (SSSR count). The van der Waals surface area contributed by atoms with E-state index in [0.29, 0.717) is 0 Å². The molecule has 0 aliphatic carbocycles. The van der Waals surface area contributed by atoms with E-state index in [1.165, 1.54) is 16.5 Å². The van der Waals surface area contributed by atoms with Crippen LogP contribution in [0, 0.1) is 0 Å². The van der Waals surface area contributed by atoms with Crippen LogP contribution in [0.4, 0.5) is 0 Å². The third kappa shape index (κ3) is 1.68. The van der Waals surface area contributed by atoms with Gasteiger partial charge in [0.2, 0.25) is 0 Å². The normalized spacial score (nSPS) is 10.5. The molecule has 1 aromatic carbocycles. The molecule has 0 saturated heterocycles.